The molecule has 0 aliphatic heterocycles. The van der Waals surface area contributed by atoms with Gasteiger partial charge in [-0.1, -0.05) is 12.1 Å². The maximum Gasteiger partial charge on any atom is 0.263 e. The molecule has 0 fully saturated rings. The number of hydrogen-bond acceptors (Lipinski definition) is 6. The number of imidazole rings is 1. The maximum absolute atomic E-state index is 13.6. The third-order valence-electron chi connectivity index (χ3n) is 4.52. The van der Waals surface area contributed by atoms with Crippen molar-refractivity contribution in [2.24, 2.45) is 0 Å². The Morgan fingerprint density at radius 1 is 1.10 bits per heavy atom. The van der Waals surface area contributed by atoms with Crippen molar-refractivity contribution in [3.05, 3.63) is 76.0 Å². The van der Waals surface area contributed by atoms with Crippen LogP contribution in [0.1, 0.15) is 26.2 Å². The molecule has 154 valence electrons. The zero-order chi connectivity index (χ0) is 20.8. The first kappa shape index (κ1) is 20.1. The van der Waals surface area contributed by atoms with E-state index < -0.39 is 5.82 Å². The minimum atomic E-state index is -0.434. The third kappa shape index (κ3) is 5.05. The first-order valence-electron chi connectivity index (χ1n) is 9.65. The number of thiazole rings is 1. The van der Waals surface area contributed by atoms with E-state index in [0.717, 1.165) is 47.8 Å². The lowest BCUT2D eigenvalue weighted by atomic mass is 10.3. The van der Waals surface area contributed by atoms with Crippen molar-refractivity contribution in [2.45, 2.75) is 19.4 Å². The summed E-state index contributed by atoms with van der Waals surface area (Å²) in [7, 11) is 0. The highest BCUT2D eigenvalue weighted by Gasteiger charge is 2.12. The van der Waals surface area contributed by atoms with E-state index >= 15 is 0 Å². The highest BCUT2D eigenvalue weighted by Crippen LogP contribution is 2.14. The van der Waals surface area contributed by atoms with Crippen molar-refractivity contribution in [1.82, 2.24) is 30.6 Å². The molecule has 4 rings (SSSR count). The van der Waals surface area contributed by atoms with Gasteiger partial charge in [-0.25, -0.2) is 14.4 Å². The van der Waals surface area contributed by atoms with Gasteiger partial charge in [0.1, 0.15) is 16.5 Å². The number of pyridine rings is 1. The monoisotopic (exact) mass is 424 g/mol. The molecule has 0 saturated carbocycles. The van der Waals surface area contributed by atoms with E-state index in [4.69, 9.17) is 0 Å². The van der Waals surface area contributed by atoms with Crippen LogP contribution in [0.2, 0.25) is 0 Å². The largest absolute Gasteiger partial charge is 0.346 e. The number of carbonyl (C=O) groups is 1. The van der Waals surface area contributed by atoms with E-state index in [2.05, 4.69) is 30.6 Å². The van der Waals surface area contributed by atoms with Crippen LogP contribution in [-0.4, -0.2) is 38.9 Å². The van der Waals surface area contributed by atoms with E-state index in [1.54, 1.807) is 6.20 Å². The van der Waals surface area contributed by atoms with Crippen LogP contribution in [-0.2, 0) is 19.4 Å². The van der Waals surface area contributed by atoms with Crippen molar-refractivity contribution in [1.29, 1.82) is 0 Å². The standard InChI is InChI=1S/C21H21FN6OS/c22-14-4-3-9-24-17(14)12-26-21(29)18-13-25-20(30-18)8-11-23-10-7-19-27-15-5-1-2-6-16(15)28-19/h1-6,9,13,23H,7-8,10-12H2,(H,26,29)(H,27,28). The van der Waals surface area contributed by atoms with Crippen LogP contribution in [0.25, 0.3) is 11.0 Å². The summed E-state index contributed by atoms with van der Waals surface area (Å²) < 4.78 is 13.6. The summed E-state index contributed by atoms with van der Waals surface area (Å²) in [4.78, 5) is 28.8. The molecule has 1 amide bonds. The Balaban J connectivity index is 1.19. The molecule has 0 unspecified atom stereocenters. The Morgan fingerprint density at radius 2 is 1.97 bits per heavy atom. The van der Waals surface area contributed by atoms with Gasteiger partial charge in [0.2, 0.25) is 0 Å². The molecule has 9 heteroatoms. The summed E-state index contributed by atoms with van der Waals surface area (Å²) in [6, 6.07) is 10.8. The lowest BCUT2D eigenvalue weighted by molar-refractivity contribution is 0.0954. The van der Waals surface area contributed by atoms with E-state index in [1.165, 1.54) is 29.7 Å². The summed E-state index contributed by atoms with van der Waals surface area (Å²) in [5.74, 6) is 0.249. The van der Waals surface area contributed by atoms with Gasteiger partial charge < -0.3 is 15.6 Å². The molecule has 3 aromatic heterocycles. The van der Waals surface area contributed by atoms with Gasteiger partial charge in [0.05, 0.1) is 34.5 Å². The van der Waals surface area contributed by atoms with Crippen molar-refractivity contribution in [3.8, 4) is 0 Å². The number of amides is 1. The highest BCUT2D eigenvalue weighted by atomic mass is 32.1. The number of rotatable bonds is 9. The molecule has 30 heavy (non-hydrogen) atoms. The van der Waals surface area contributed by atoms with Gasteiger partial charge in [-0.05, 0) is 24.3 Å². The lowest BCUT2D eigenvalue weighted by Gasteiger charge is -2.03. The molecule has 0 aliphatic rings. The average Bonchev–Trinajstić information content (AvgIpc) is 3.39. The van der Waals surface area contributed by atoms with Crippen molar-refractivity contribution in [3.63, 3.8) is 0 Å². The second-order valence-corrected chi connectivity index (χ2v) is 7.80. The van der Waals surface area contributed by atoms with Gasteiger partial charge in [0, 0.05) is 32.1 Å². The minimum absolute atomic E-state index is 0.0437. The molecule has 7 nitrogen and oxygen atoms in total. The van der Waals surface area contributed by atoms with E-state index in [1.807, 2.05) is 24.3 Å². The first-order valence-corrected chi connectivity index (χ1v) is 10.5. The van der Waals surface area contributed by atoms with Gasteiger partial charge in [0.25, 0.3) is 5.91 Å². The number of H-pyrrole nitrogens is 1. The number of benzene rings is 1. The molecule has 0 aliphatic carbocycles. The number of fused-ring (bicyclic) bond motifs is 1. The second kappa shape index (κ2) is 9.55. The normalized spacial score (nSPS) is 11.1. The van der Waals surface area contributed by atoms with Crippen LogP contribution in [0.5, 0.6) is 0 Å². The molecule has 0 bridgehead atoms. The van der Waals surface area contributed by atoms with Gasteiger partial charge >= 0.3 is 0 Å². The Labute approximate surface area is 176 Å². The molecule has 4 aromatic rings. The minimum Gasteiger partial charge on any atom is -0.346 e. The Kier molecular flexibility index (Phi) is 6.41. The zero-order valence-corrected chi connectivity index (χ0v) is 17.0. The van der Waals surface area contributed by atoms with Gasteiger partial charge in [-0.2, -0.15) is 0 Å². The van der Waals surface area contributed by atoms with Crippen molar-refractivity contribution >= 4 is 28.3 Å². The SMILES string of the molecule is O=C(NCc1ncccc1F)c1cnc(CCNCCc2nc3ccccc3[nH]2)s1. The molecule has 1 aromatic carbocycles. The van der Waals surface area contributed by atoms with Crippen LogP contribution < -0.4 is 10.6 Å². The van der Waals surface area contributed by atoms with Crippen LogP contribution in [0.15, 0.2) is 48.8 Å². The number of halogens is 1. The lowest BCUT2D eigenvalue weighted by Crippen LogP contribution is -2.23. The quantitative estimate of drug-likeness (QED) is 0.359. The van der Waals surface area contributed by atoms with Crippen molar-refractivity contribution in [2.75, 3.05) is 13.1 Å². The molecule has 3 N–H and O–H groups in total. The highest BCUT2D eigenvalue weighted by molar-refractivity contribution is 7.13. The molecular weight excluding hydrogens is 403 g/mol. The van der Waals surface area contributed by atoms with Gasteiger partial charge in [0.15, 0.2) is 0 Å². The van der Waals surface area contributed by atoms with Gasteiger partial charge in [-0.3, -0.25) is 9.78 Å². The molecule has 0 atom stereocenters. The topological polar surface area (TPSA) is 95.6 Å². The van der Waals surface area contributed by atoms with Crippen LogP contribution in [0.3, 0.4) is 0 Å². The summed E-state index contributed by atoms with van der Waals surface area (Å²) in [6.07, 6.45) is 4.59. The Morgan fingerprint density at radius 3 is 2.83 bits per heavy atom. The number of para-hydroxylation sites is 2. The number of aromatic nitrogens is 4. The number of aromatic amines is 1. The molecule has 3 heterocycles. The fourth-order valence-electron chi connectivity index (χ4n) is 2.98. The van der Waals surface area contributed by atoms with Crippen LogP contribution in [0.4, 0.5) is 4.39 Å². The van der Waals surface area contributed by atoms with Crippen LogP contribution in [0, 0.1) is 5.82 Å². The van der Waals surface area contributed by atoms with Gasteiger partial charge in [-0.15, -0.1) is 11.3 Å². The number of nitrogens with zero attached hydrogens (tertiary/aromatic N) is 3. The first-order chi connectivity index (χ1) is 14.7. The van der Waals surface area contributed by atoms with Crippen LogP contribution >= 0.6 is 11.3 Å². The van der Waals surface area contributed by atoms with E-state index in [9.17, 15) is 9.18 Å². The number of nitrogens with one attached hydrogen (secondary N) is 3. The fourth-order valence-corrected chi connectivity index (χ4v) is 3.82. The summed E-state index contributed by atoms with van der Waals surface area (Å²) >= 11 is 1.34. The molecule has 0 radical (unpaired) electrons. The predicted molar refractivity (Wildman–Crippen MR) is 114 cm³/mol. The number of carbonyl (C=O) groups excluding carboxylic acids is 1. The average molecular weight is 425 g/mol. The Bertz CT molecular complexity index is 1110. The number of hydrogen-bond donors (Lipinski definition) is 3. The second-order valence-electron chi connectivity index (χ2n) is 6.68. The summed E-state index contributed by atoms with van der Waals surface area (Å²) in [5.41, 5.74) is 2.24. The van der Waals surface area contributed by atoms with Crippen molar-refractivity contribution < 1.29 is 9.18 Å². The van der Waals surface area contributed by atoms with E-state index in [0.29, 0.717) is 4.88 Å². The Hall–Kier alpha value is -3.17. The third-order valence-corrected chi connectivity index (χ3v) is 5.58. The fraction of sp³-hybridized carbons (Fsp3) is 0.238. The summed E-state index contributed by atoms with van der Waals surface area (Å²) in [5, 5.41) is 6.93. The smallest absolute Gasteiger partial charge is 0.263 e. The predicted octanol–water partition coefficient (Wildman–Crippen LogP) is 2.86. The van der Waals surface area contributed by atoms with E-state index in [-0.39, 0.29) is 18.1 Å². The molecule has 0 spiro atoms. The molecular formula is C21H21FN6OS. The summed E-state index contributed by atoms with van der Waals surface area (Å²) in [6.45, 7) is 1.60. The maximum atomic E-state index is 13.6. The molecule has 0 saturated heterocycles. The zero-order valence-electron chi connectivity index (χ0n) is 16.2.